The van der Waals surface area contributed by atoms with Gasteiger partial charge in [-0.1, -0.05) is 24.3 Å². The van der Waals surface area contributed by atoms with Crippen molar-refractivity contribution in [1.82, 2.24) is 0 Å². The third-order valence-corrected chi connectivity index (χ3v) is 5.88. The minimum Gasteiger partial charge on any atom is -0.479 e. The Labute approximate surface area is 217 Å². The molecule has 1 heterocycles. The van der Waals surface area contributed by atoms with Gasteiger partial charge in [0.25, 0.3) is 0 Å². The number of carbonyl (C=O) groups excluding carboxylic acids is 2. The minimum atomic E-state index is -1.08. The highest BCUT2D eigenvalue weighted by molar-refractivity contribution is 5.88. The van der Waals surface area contributed by atoms with Gasteiger partial charge >= 0.3 is 17.9 Å². The van der Waals surface area contributed by atoms with E-state index in [4.69, 9.17) is 28.1 Å². The summed E-state index contributed by atoms with van der Waals surface area (Å²) in [4.78, 5) is 49.3. The highest BCUT2D eigenvalue weighted by atomic mass is 16.6. The monoisotopic (exact) mass is 528 g/mol. The van der Waals surface area contributed by atoms with Crippen molar-refractivity contribution in [3.05, 3.63) is 58.4 Å². The molecule has 3 atom stereocenters. The number of aliphatic carboxylic acids is 1. The van der Waals surface area contributed by atoms with Gasteiger partial charge in [0.15, 0.2) is 29.8 Å². The fourth-order valence-electron chi connectivity index (χ4n) is 3.38. The number of rotatable bonds is 11. The molecule has 38 heavy (non-hydrogen) atoms. The highest BCUT2D eigenvalue weighted by Gasteiger charge is 2.23. The first kappa shape index (κ1) is 28.5. The zero-order valence-electron chi connectivity index (χ0n) is 21.5. The fraction of sp³-hybridized carbons (Fsp3) is 0.333. The summed E-state index contributed by atoms with van der Waals surface area (Å²) in [5, 5.41) is 9.26. The van der Waals surface area contributed by atoms with Crippen LogP contribution >= 0.6 is 0 Å². The van der Waals surface area contributed by atoms with E-state index in [1.165, 1.54) is 53.6 Å². The zero-order valence-corrected chi connectivity index (χ0v) is 21.5. The Kier molecular flexibility index (Phi) is 9.35. The number of esters is 2. The van der Waals surface area contributed by atoms with Crippen LogP contribution in [-0.4, -0.2) is 62.7 Å². The SMILES string of the molecule is CO[C@@H](Cc1ccc(-c2coc3cc(OC(=O)[C@@H](C)OC)c(OC(=O)[C@@H](C)OC)cc3c2=O)cc1)C(=O)O. The van der Waals surface area contributed by atoms with Crippen molar-refractivity contribution in [3.8, 4) is 22.6 Å². The van der Waals surface area contributed by atoms with Crippen molar-refractivity contribution in [3.63, 3.8) is 0 Å². The molecule has 0 aliphatic rings. The number of carboxylic acid groups (broad SMARTS) is 1. The largest absolute Gasteiger partial charge is 0.479 e. The Balaban J connectivity index is 2.03. The topological polar surface area (TPSA) is 148 Å². The van der Waals surface area contributed by atoms with Crippen LogP contribution in [0.15, 0.2) is 51.9 Å². The smallest absolute Gasteiger partial charge is 0.340 e. The van der Waals surface area contributed by atoms with Crippen LogP contribution in [0.3, 0.4) is 0 Å². The molecule has 11 nitrogen and oxygen atoms in total. The molecule has 11 heteroatoms. The van der Waals surface area contributed by atoms with Gasteiger partial charge in [-0.05, 0) is 31.0 Å². The average Bonchev–Trinajstić information content (AvgIpc) is 2.91. The normalized spacial score (nSPS) is 13.5. The average molecular weight is 529 g/mol. The van der Waals surface area contributed by atoms with Crippen molar-refractivity contribution in [2.24, 2.45) is 0 Å². The molecule has 1 N–H and O–H groups in total. The number of methoxy groups -OCH3 is 3. The molecule has 0 saturated carbocycles. The summed E-state index contributed by atoms with van der Waals surface area (Å²) in [5.41, 5.74) is 1.09. The van der Waals surface area contributed by atoms with Gasteiger partial charge in [-0.3, -0.25) is 4.79 Å². The molecule has 0 radical (unpaired) electrons. The Bertz CT molecular complexity index is 1370. The molecule has 3 rings (SSSR count). The van der Waals surface area contributed by atoms with Crippen LogP contribution in [0.2, 0.25) is 0 Å². The van der Waals surface area contributed by atoms with E-state index in [-0.39, 0.29) is 34.5 Å². The van der Waals surface area contributed by atoms with E-state index in [0.717, 1.165) is 0 Å². The highest BCUT2D eigenvalue weighted by Crippen LogP contribution is 2.33. The molecule has 2 aromatic carbocycles. The van der Waals surface area contributed by atoms with Crippen LogP contribution in [0.25, 0.3) is 22.1 Å². The second-order valence-corrected chi connectivity index (χ2v) is 8.34. The van der Waals surface area contributed by atoms with E-state index >= 15 is 0 Å². The van der Waals surface area contributed by atoms with Crippen LogP contribution in [0, 0.1) is 0 Å². The molecule has 0 aliphatic carbocycles. The van der Waals surface area contributed by atoms with Crippen LogP contribution in [0.1, 0.15) is 19.4 Å². The molecule has 202 valence electrons. The van der Waals surface area contributed by atoms with E-state index in [9.17, 15) is 24.3 Å². The first-order valence-electron chi connectivity index (χ1n) is 11.5. The number of hydrogen-bond donors (Lipinski definition) is 1. The lowest BCUT2D eigenvalue weighted by atomic mass is 10.0. The molecule has 0 aliphatic heterocycles. The van der Waals surface area contributed by atoms with Gasteiger partial charge in [-0.25, -0.2) is 14.4 Å². The maximum absolute atomic E-state index is 13.4. The minimum absolute atomic E-state index is 0.0735. The first-order chi connectivity index (χ1) is 18.1. The summed E-state index contributed by atoms with van der Waals surface area (Å²) < 4.78 is 31.3. The van der Waals surface area contributed by atoms with Gasteiger partial charge < -0.3 is 33.2 Å². The molecule has 3 aromatic rings. The Morgan fingerprint density at radius 1 is 0.868 bits per heavy atom. The number of benzene rings is 2. The van der Waals surface area contributed by atoms with Crippen molar-refractivity contribution in [1.29, 1.82) is 0 Å². The van der Waals surface area contributed by atoms with E-state index in [1.54, 1.807) is 24.3 Å². The van der Waals surface area contributed by atoms with Gasteiger partial charge in [0, 0.05) is 33.8 Å². The molecular weight excluding hydrogens is 500 g/mol. The summed E-state index contributed by atoms with van der Waals surface area (Å²) >= 11 is 0. The Hall–Kier alpha value is -4.06. The Morgan fingerprint density at radius 2 is 1.42 bits per heavy atom. The van der Waals surface area contributed by atoms with Gasteiger partial charge in [0.1, 0.15) is 11.8 Å². The van der Waals surface area contributed by atoms with Crippen molar-refractivity contribution in [2.75, 3.05) is 21.3 Å². The Morgan fingerprint density at radius 3 is 1.92 bits per heavy atom. The standard InChI is InChI=1S/C27H28O11/c1-14(33-3)26(31)37-21-11-18-20(12-22(21)38-27(32)15(2)34-4)36-13-19(24(18)28)17-8-6-16(7-9-17)10-23(35-5)25(29)30/h6-9,11-15,23H,10H2,1-5H3,(H,29,30)/t14-,15-,23+/m1/s1. The summed E-state index contributed by atoms with van der Waals surface area (Å²) in [6.07, 6.45) is -1.41. The third kappa shape index (κ3) is 6.43. The zero-order chi connectivity index (χ0) is 28.0. The van der Waals surface area contributed by atoms with Crippen LogP contribution in [0.5, 0.6) is 11.5 Å². The van der Waals surface area contributed by atoms with Crippen LogP contribution in [0.4, 0.5) is 0 Å². The summed E-state index contributed by atoms with van der Waals surface area (Å²) in [6, 6.07) is 9.23. The molecule has 0 saturated heterocycles. The number of fused-ring (bicyclic) bond motifs is 1. The summed E-state index contributed by atoms with van der Waals surface area (Å²) in [6.45, 7) is 2.96. The number of ether oxygens (including phenoxy) is 5. The van der Waals surface area contributed by atoms with Gasteiger partial charge in [0.05, 0.1) is 10.9 Å². The lowest BCUT2D eigenvalue weighted by Crippen LogP contribution is -2.27. The maximum atomic E-state index is 13.4. The lowest BCUT2D eigenvalue weighted by Gasteiger charge is -2.15. The molecule has 0 amide bonds. The predicted molar refractivity (Wildman–Crippen MR) is 134 cm³/mol. The third-order valence-electron chi connectivity index (χ3n) is 5.88. The quantitative estimate of drug-likeness (QED) is 0.289. The van der Waals surface area contributed by atoms with E-state index < -0.39 is 41.6 Å². The van der Waals surface area contributed by atoms with Crippen LogP contribution in [-0.2, 0) is 35.0 Å². The molecular formula is C27H28O11. The van der Waals surface area contributed by atoms with Gasteiger partial charge in [-0.2, -0.15) is 0 Å². The number of carbonyl (C=O) groups is 3. The second kappa shape index (κ2) is 12.5. The van der Waals surface area contributed by atoms with Crippen LogP contribution < -0.4 is 14.9 Å². The molecule has 0 spiro atoms. The van der Waals surface area contributed by atoms with Crippen molar-refractivity contribution >= 4 is 28.9 Å². The van der Waals surface area contributed by atoms with Crippen molar-refractivity contribution in [2.45, 2.75) is 38.6 Å². The van der Waals surface area contributed by atoms with E-state index in [2.05, 4.69) is 0 Å². The molecule has 1 aromatic heterocycles. The van der Waals surface area contributed by atoms with E-state index in [0.29, 0.717) is 11.1 Å². The first-order valence-corrected chi connectivity index (χ1v) is 11.5. The molecule has 0 bridgehead atoms. The van der Waals surface area contributed by atoms with E-state index in [1.807, 2.05) is 0 Å². The van der Waals surface area contributed by atoms with Crippen molar-refractivity contribution < 1.29 is 47.6 Å². The van der Waals surface area contributed by atoms with Gasteiger partial charge in [0.2, 0.25) is 5.43 Å². The summed E-state index contributed by atoms with van der Waals surface area (Å²) in [5.74, 6) is -2.92. The molecule has 0 fully saturated rings. The molecule has 0 unspecified atom stereocenters. The maximum Gasteiger partial charge on any atom is 0.340 e. The second-order valence-electron chi connectivity index (χ2n) is 8.34. The number of carboxylic acids is 1. The van der Waals surface area contributed by atoms with Gasteiger partial charge in [-0.15, -0.1) is 0 Å². The lowest BCUT2D eigenvalue weighted by molar-refractivity contribution is -0.148. The number of hydrogen-bond acceptors (Lipinski definition) is 10. The fourth-order valence-corrected chi connectivity index (χ4v) is 3.38. The summed E-state index contributed by atoms with van der Waals surface area (Å²) in [7, 11) is 3.99. The predicted octanol–water partition coefficient (Wildman–Crippen LogP) is 2.98.